The third-order valence-corrected chi connectivity index (χ3v) is 2.68. The van der Waals surface area contributed by atoms with Gasteiger partial charge in [0.05, 0.1) is 13.4 Å². The Morgan fingerprint density at radius 3 is 2.82 bits per heavy atom. The Morgan fingerprint density at radius 1 is 1.53 bits per heavy atom. The minimum atomic E-state index is -0.495. The lowest BCUT2D eigenvalue weighted by atomic mass is 9.96. The Bertz CT molecular complexity index is 627. The molecule has 0 saturated heterocycles. The summed E-state index contributed by atoms with van der Waals surface area (Å²) < 4.78 is 13.9. The number of H-pyrrole nitrogens is 1. The molecule has 0 unspecified atom stereocenters. The molecule has 2 rings (SSSR count). The van der Waals surface area contributed by atoms with Crippen LogP contribution in [-0.4, -0.2) is 17.8 Å². The van der Waals surface area contributed by atoms with E-state index in [1.165, 1.54) is 0 Å². The standard InChI is InChI=1S/C12H12BFN2O.H2/c1-6(2)10-12(17)16-11-8(15-10)4-3-7(5-13)9(11)14;/h3-4,6H,5H2,1-2H3,(H,16,17);1H. The number of nitrogens with zero attached hydrogens (tertiary/aromatic N) is 1. The van der Waals surface area contributed by atoms with Gasteiger partial charge >= 0.3 is 0 Å². The third kappa shape index (κ3) is 1.97. The van der Waals surface area contributed by atoms with Crippen molar-refractivity contribution in [3.8, 4) is 0 Å². The molecule has 17 heavy (non-hydrogen) atoms. The summed E-state index contributed by atoms with van der Waals surface area (Å²) in [6, 6.07) is 3.26. The fourth-order valence-corrected chi connectivity index (χ4v) is 1.73. The lowest BCUT2D eigenvalue weighted by molar-refractivity contribution is 0.624. The summed E-state index contributed by atoms with van der Waals surface area (Å²) in [7, 11) is 5.41. The van der Waals surface area contributed by atoms with Gasteiger partial charge in [0.15, 0.2) is 5.82 Å². The van der Waals surface area contributed by atoms with Crippen LogP contribution in [0.1, 0.15) is 32.4 Å². The Kier molecular flexibility index (Phi) is 3.00. The van der Waals surface area contributed by atoms with Gasteiger partial charge in [0.1, 0.15) is 11.2 Å². The van der Waals surface area contributed by atoms with Crippen LogP contribution in [0.3, 0.4) is 0 Å². The van der Waals surface area contributed by atoms with E-state index in [9.17, 15) is 9.18 Å². The molecular formula is C12H14BFN2O. The third-order valence-electron chi connectivity index (χ3n) is 2.68. The fraction of sp³-hybridized carbons (Fsp3) is 0.333. The van der Waals surface area contributed by atoms with E-state index in [4.69, 9.17) is 7.85 Å². The van der Waals surface area contributed by atoms with Crippen molar-refractivity contribution in [3.05, 3.63) is 39.6 Å². The molecule has 3 nitrogen and oxygen atoms in total. The van der Waals surface area contributed by atoms with Crippen LogP contribution in [0.25, 0.3) is 11.0 Å². The Morgan fingerprint density at radius 2 is 2.24 bits per heavy atom. The first-order chi connectivity index (χ1) is 8.04. The SMILES string of the molecule is [B]Cc1ccc2nc(C(C)C)c(=O)[nH]c2c1F.[HH]. The maximum absolute atomic E-state index is 13.9. The second kappa shape index (κ2) is 4.32. The molecule has 1 aromatic carbocycles. The average Bonchev–Trinajstić information content (AvgIpc) is 2.29. The lowest BCUT2D eigenvalue weighted by Crippen LogP contribution is -2.17. The molecule has 1 heterocycles. The highest BCUT2D eigenvalue weighted by Crippen LogP contribution is 2.18. The van der Waals surface area contributed by atoms with Crippen molar-refractivity contribution in [3.63, 3.8) is 0 Å². The molecule has 0 atom stereocenters. The minimum absolute atomic E-state index is 0. The summed E-state index contributed by atoms with van der Waals surface area (Å²) in [4.78, 5) is 18.4. The van der Waals surface area contributed by atoms with Crippen LogP contribution in [-0.2, 0) is 6.32 Å². The Labute approximate surface area is 101 Å². The van der Waals surface area contributed by atoms with Gasteiger partial charge < -0.3 is 4.98 Å². The molecule has 2 aromatic rings. The zero-order valence-corrected chi connectivity index (χ0v) is 9.75. The van der Waals surface area contributed by atoms with Crippen LogP contribution in [0.2, 0.25) is 0 Å². The summed E-state index contributed by atoms with van der Waals surface area (Å²) in [5.74, 6) is -0.495. The zero-order chi connectivity index (χ0) is 12.6. The van der Waals surface area contributed by atoms with Crippen molar-refractivity contribution in [2.75, 3.05) is 0 Å². The number of rotatable bonds is 2. The Balaban J connectivity index is 0.00000162. The minimum Gasteiger partial charge on any atom is -0.317 e. The topological polar surface area (TPSA) is 45.8 Å². The molecular weight excluding hydrogens is 218 g/mol. The van der Waals surface area contributed by atoms with Crippen molar-refractivity contribution in [1.29, 1.82) is 0 Å². The van der Waals surface area contributed by atoms with Crippen LogP contribution in [0.15, 0.2) is 16.9 Å². The van der Waals surface area contributed by atoms with Gasteiger partial charge in [-0.1, -0.05) is 26.2 Å². The average molecular weight is 232 g/mol. The van der Waals surface area contributed by atoms with E-state index in [1.807, 2.05) is 13.8 Å². The molecule has 2 radical (unpaired) electrons. The molecule has 0 aliphatic heterocycles. The fourth-order valence-electron chi connectivity index (χ4n) is 1.73. The predicted molar refractivity (Wildman–Crippen MR) is 68.0 cm³/mol. The first-order valence-electron chi connectivity index (χ1n) is 5.46. The number of aromatic nitrogens is 2. The van der Waals surface area contributed by atoms with Crippen LogP contribution in [0, 0.1) is 5.82 Å². The summed E-state index contributed by atoms with van der Waals surface area (Å²) in [5.41, 5.74) is 1.01. The van der Waals surface area contributed by atoms with Gasteiger partial charge in [-0.25, -0.2) is 9.37 Å². The summed E-state index contributed by atoms with van der Waals surface area (Å²) >= 11 is 0. The zero-order valence-electron chi connectivity index (χ0n) is 9.75. The number of fused-ring (bicyclic) bond motifs is 1. The molecule has 88 valence electrons. The van der Waals surface area contributed by atoms with Crippen molar-refractivity contribution in [2.45, 2.75) is 26.1 Å². The van der Waals surface area contributed by atoms with Gasteiger partial charge in [0.2, 0.25) is 0 Å². The Hall–Kier alpha value is -1.65. The molecule has 0 fully saturated rings. The predicted octanol–water partition coefficient (Wildman–Crippen LogP) is 2.10. The summed E-state index contributed by atoms with van der Waals surface area (Å²) in [6.07, 6.45) is 0.0930. The van der Waals surface area contributed by atoms with Crippen LogP contribution in [0.4, 0.5) is 4.39 Å². The molecule has 0 aliphatic rings. The van der Waals surface area contributed by atoms with E-state index in [1.54, 1.807) is 12.1 Å². The molecule has 1 aromatic heterocycles. The molecule has 0 amide bonds. The van der Waals surface area contributed by atoms with Gasteiger partial charge in [-0.3, -0.25) is 4.79 Å². The van der Waals surface area contributed by atoms with E-state index in [0.29, 0.717) is 16.8 Å². The molecule has 0 spiro atoms. The number of benzene rings is 1. The highest BCUT2D eigenvalue weighted by atomic mass is 19.1. The molecule has 0 aliphatic carbocycles. The first kappa shape index (κ1) is 11.8. The van der Waals surface area contributed by atoms with E-state index in [2.05, 4.69) is 9.97 Å². The van der Waals surface area contributed by atoms with E-state index >= 15 is 0 Å². The van der Waals surface area contributed by atoms with Crippen LogP contribution < -0.4 is 5.56 Å². The van der Waals surface area contributed by atoms with Gasteiger partial charge in [0.25, 0.3) is 5.56 Å². The lowest BCUT2D eigenvalue weighted by Gasteiger charge is -2.07. The van der Waals surface area contributed by atoms with Crippen LogP contribution >= 0.6 is 0 Å². The van der Waals surface area contributed by atoms with E-state index in [-0.39, 0.29) is 24.7 Å². The first-order valence-corrected chi connectivity index (χ1v) is 5.46. The van der Waals surface area contributed by atoms with Gasteiger partial charge in [-0.2, -0.15) is 0 Å². The molecule has 0 bridgehead atoms. The van der Waals surface area contributed by atoms with Crippen LogP contribution in [0.5, 0.6) is 0 Å². The van der Waals surface area contributed by atoms with Gasteiger partial charge in [-0.05, 0) is 11.6 Å². The van der Waals surface area contributed by atoms with Gasteiger partial charge in [0, 0.05) is 7.34 Å². The maximum atomic E-state index is 13.9. The second-order valence-electron chi connectivity index (χ2n) is 4.24. The highest BCUT2D eigenvalue weighted by Gasteiger charge is 2.12. The van der Waals surface area contributed by atoms with Crippen molar-refractivity contribution in [1.82, 2.24) is 9.97 Å². The number of hydrogen-bond donors (Lipinski definition) is 1. The maximum Gasteiger partial charge on any atom is 0.270 e. The monoisotopic (exact) mass is 232 g/mol. The number of nitrogens with one attached hydrogen (secondary N) is 1. The number of halogens is 1. The number of hydrogen-bond acceptors (Lipinski definition) is 2. The highest BCUT2D eigenvalue weighted by molar-refractivity contribution is 6.08. The summed E-state index contributed by atoms with van der Waals surface area (Å²) in [6.45, 7) is 3.74. The second-order valence-corrected chi connectivity index (χ2v) is 4.24. The smallest absolute Gasteiger partial charge is 0.270 e. The van der Waals surface area contributed by atoms with Crippen molar-refractivity contribution in [2.24, 2.45) is 0 Å². The van der Waals surface area contributed by atoms with E-state index < -0.39 is 5.82 Å². The molecule has 0 saturated carbocycles. The largest absolute Gasteiger partial charge is 0.317 e. The quantitative estimate of drug-likeness (QED) is 0.806. The molecule has 5 heteroatoms. The van der Waals surface area contributed by atoms with E-state index in [0.717, 1.165) is 0 Å². The summed E-state index contributed by atoms with van der Waals surface area (Å²) in [5, 5.41) is 0. The number of aromatic amines is 1. The van der Waals surface area contributed by atoms with Crippen molar-refractivity contribution >= 4 is 18.9 Å². The van der Waals surface area contributed by atoms with Crippen molar-refractivity contribution < 1.29 is 5.82 Å². The molecule has 1 N–H and O–H groups in total. The van der Waals surface area contributed by atoms with Gasteiger partial charge in [-0.15, -0.1) is 0 Å². The normalized spacial score (nSPS) is 11.3.